The van der Waals surface area contributed by atoms with Crippen LogP contribution >= 0.6 is 15.9 Å². The number of aliphatic carboxylic acids is 1. The smallest absolute Gasteiger partial charge is 0.326 e. The number of hydrogen-bond acceptors (Lipinski definition) is 2. The Balaban J connectivity index is 2.73. The van der Waals surface area contributed by atoms with Crippen LogP contribution in [0.4, 0.5) is 10.5 Å². The minimum Gasteiger partial charge on any atom is -0.480 e. The molecule has 2 amide bonds. The molecule has 1 aromatic rings. The van der Waals surface area contributed by atoms with E-state index in [2.05, 4.69) is 26.6 Å². The fourth-order valence-electron chi connectivity index (χ4n) is 1.89. The van der Waals surface area contributed by atoms with Gasteiger partial charge >= 0.3 is 12.0 Å². The molecule has 0 heterocycles. The summed E-state index contributed by atoms with van der Waals surface area (Å²) in [6, 6.07) is 2.28. The molecular formula is C14H19BrN2O3. The molecule has 110 valence electrons. The van der Waals surface area contributed by atoms with Crippen LogP contribution in [0.5, 0.6) is 0 Å². The van der Waals surface area contributed by atoms with Gasteiger partial charge in [0.15, 0.2) is 0 Å². The molecule has 0 fully saturated rings. The first-order chi connectivity index (χ1) is 9.35. The van der Waals surface area contributed by atoms with E-state index in [0.717, 1.165) is 15.6 Å². The van der Waals surface area contributed by atoms with Crippen LogP contribution in [0, 0.1) is 13.8 Å². The lowest BCUT2D eigenvalue weighted by Gasteiger charge is -2.15. The van der Waals surface area contributed by atoms with Crippen LogP contribution in [0.1, 0.15) is 30.9 Å². The maximum absolute atomic E-state index is 11.8. The number of halogens is 1. The lowest BCUT2D eigenvalue weighted by molar-refractivity contribution is -0.139. The van der Waals surface area contributed by atoms with Gasteiger partial charge in [-0.05, 0) is 43.5 Å². The van der Waals surface area contributed by atoms with Crippen LogP contribution in [-0.2, 0) is 4.79 Å². The van der Waals surface area contributed by atoms with Gasteiger partial charge in [0.25, 0.3) is 0 Å². The predicted molar refractivity (Wildman–Crippen MR) is 82.1 cm³/mol. The molecule has 0 aromatic heterocycles. The van der Waals surface area contributed by atoms with Crippen molar-refractivity contribution in [2.24, 2.45) is 0 Å². The highest BCUT2D eigenvalue weighted by atomic mass is 79.9. The summed E-state index contributed by atoms with van der Waals surface area (Å²) < 4.78 is 0.998. The molecule has 1 unspecified atom stereocenters. The Morgan fingerprint density at radius 1 is 1.30 bits per heavy atom. The van der Waals surface area contributed by atoms with Crippen LogP contribution in [0.2, 0.25) is 0 Å². The largest absolute Gasteiger partial charge is 0.480 e. The Hall–Kier alpha value is -1.56. The van der Waals surface area contributed by atoms with Crippen molar-refractivity contribution in [3.8, 4) is 0 Å². The highest BCUT2D eigenvalue weighted by Gasteiger charge is 2.18. The maximum Gasteiger partial charge on any atom is 0.326 e. The molecule has 0 saturated heterocycles. The summed E-state index contributed by atoms with van der Waals surface area (Å²) in [6.07, 6.45) is 1.09. The summed E-state index contributed by atoms with van der Waals surface area (Å²) in [7, 11) is 0. The van der Waals surface area contributed by atoms with Gasteiger partial charge in [-0.1, -0.05) is 29.3 Å². The number of nitrogens with one attached hydrogen (secondary N) is 2. The number of carboxylic acids is 1. The summed E-state index contributed by atoms with van der Waals surface area (Å²) >= 11 is 3.45. The second kappa shape index (κ2) is 7.28. The number of benzene rings is 1. The van der Waals surface area contributed by atoms with Crippen molar-refractivity contribution < 1.29 is 14.7 Å². The topological polar surface area (TPSA) is 78.4 Å². The number of hydrogen-bond donors (Lipinski definition) is 3. The van der Waals surface area contributed by atoms with Crippen LogP contribution in [0.15, 0.2) is 16.6 Å². The molecule has 0 aliphatic heterocycles. The summed E-state index contributed by atoms with van der Waals surface area (Å²) in [4.78, 5) is 22.8. The average molecular weight is 343 g/mol. The second-order valence-electron chi connectivity index (χ2n) is 4.70. The summed E-state index contributed by atoms with van der Waals surface area (Å²) in [5.41, 5.74) is 2.65. The number of carbonyl (C=O) groups excluding carboxylic acids is 1. The van der Waals surface area contributed by atoms with Crippen molar-refractivity contribution in [1.82, 2.24) is 5.32 Å². The van der Waals surface area contributed by atoms with Gasteiger partial charge in [-0.2, -0.15) is 0 Å². The molecule has 0 spiro atoms. The van der Waals surface area contributed by atoms with E-state index in [1.807, 2.05) is 32.9 Å². The zero-order valence-electron chi connectivity index (χ0n) is 11.8. The number of rotatable bonds is 5. The SMILES string of the molecule is CCCC(NC(=O)Nc1cc(C)c(Br)c(C)c1)C(=O)O. The Morgan fingerprint density at radius 3 is 2.30 bits per heavy atom. The third-order valence-corrected chi connectivity index (χ3v) is 4.13. The van der Waals surface area contributed by atoms with E-state index in [9.17, 15) is 9.59 Å². The Kier molecular flexibility index (Phi) is 6.01. The van der Waals surface area contributed by atoms with Crippen LogP contribution in [-0.4, -0.2) is 23.1 Å². The highest BCUT2D eigenvalue weighted by molar-refractivity contribution is 9.10. The van der Waals surface area contributed by atoms with Gasteiger partial charge in [-0.15, -0.1) is 0 Å². The van der Waals surface area contributed by atoms with Gasteiger partial charge < -0.3 is 15.7 Å². The Labute approximate surface area is 126 Å². The summed E-state index contributed by atoms with van der Waals surface area (Å²) in [5.74, 6) is -1.02. The monoisotopic (exact) mass is 342 g/mol. The fourth-order valence-corrected chi connectivity index (χ4v) is 2.12. The number of aryl methyl sites for hydroxylation is 2. The average Bonchev–Trinajstić information content (AvgIpc) is 2.35. The van der Waals surface area contributed by atoms with E-state index in [0.29, 0.717) is 18.5 Å². The molecule has 1 rings (SSSR count). The molecule has 1 aromatic carbocycles. The van der Waals surface area contributed by atoms with Gasteiger partial charge in [0.05, 0.1) is 0 Å². The number of carbonyl (C=O) groups is 2. The van der Waals surface area contributed by atoms with E-state index >= 15 is 0 Å². The van der Waals surface area contributed by atoms with Crippen molar-refractivity contribution in [1.29, 1.82) is 0 Å². The number of urea groups is 1. The van der Waals surface area contributed by atoms with Crippen molar-refractivity contribution in [3.63, 3.8) is 0 Å². The second-order valence-corrected chi connectivity index (χ2v) is 5.49. The van der Waals surface area contributed by atoms with E-state index < -0.39 is 18.0 Å². The zero-order valence-corrected chi connectivity index (χ0v) is 13.4. The number of anilines is 1. The van der Waals surface area contributed by atoms with Gasteiger partial charge in [0.2, 0.25) is 0 Å². The zero-order chi connectivity index (χ0) is 15.3. The van der Waals surface area contributed by atoms with Gasteiger partial charge in [-0.3, -0.25) is 0 Å². The van der Waals surface area contributed by atoms with Crippen LogP contribution < -0.4 is 10.6 Å². The van der Waals surface area contributed by atoms with Gasteiger partial charge in [-0.25, -0.2) is 9.59 Å². The van der Waals surface area contributed by atoms with E-state index in [1.54, 1.807) is 0 Å². The highest BCUT2D eigenvalue weighted by Crippen LogP contribution is 2.24. The maximum atomic E-state index is 11.8. The molecule has 0 radical (unpaired) electrons. The Morgan fingerprint density at radius 2 is 1.85 bits per heavy atom. The standard InChI is InChI=1S/C14H19BrN2O3/c1-4-5-11(13(18)19)17-14(20)16-10-6-8(2)12(15)9(3)7-10/h6-7,11H,4-5H2,1-3H3,(H,18,19)(H2,16,17,20). The third-order valence-electron chi connectivity index (χ3n) is 2.88. The molecule has 6 heteroatoms. The van der Waals surface area contributed by atoms with Crippen molar-refractivity contribution in [2.75, 3.05) is 5.32 Å². The minimum atomic E-state index is -1.02. The first-order valence-corrected chi connectivity index (χ1v) is 7.21. The molecule has 3 N–H and O–H groups in total. The van der Waals surface area contributed by atoms with Crippen molar-refractivity contribution >= 4 is 33.6 Å². The lowest BCUT2D eigenvalue weighted by Crippen LogP contribution is -2.42. The summed E-state index contributed by atoms with van der Waals surface area (Å²) in [6.45, 7) is 5.73. The summed E-state index contributed by atoms with van der Waals surface area (Å²) in [5, 5.41) is 14.1. The quantitative estimate of drug-likeness (QED) is 0.766. The molecular weight excluding hydrogens is 324 g/mol. The molecule has 0 aliphatic rings. The van der Waals surface area contributed by atoms with Crippen LogP contribution in [0.3, 0.4) is 0 Å². The molecule has 1 atom stereocenters. The minimum absolute atomic E-state index is 0.404. The van der Waals surface area contributed by atoms with E-state index in [4.69, 9.17) is 5.11 Å². The first-order valence-electron chi connectivity index (χ1n) is 6.42. The third kappa shape index (κ3) is 4.52. The lowest BCUT2D eigenvalue weighted by atomic mass is 10.1. The molecule has 0 aliphatic carbocycles. The first kappa shape index (κ1) is 16.5. The van der Waals surface area contributed by atoms with E-state index in [1.165, 1.54) is 0 Å². The predicted octanol–water partition coefficient (Wildman–Crippen LogP) is 3.44. The molecule has 20 heavy (non-hydrogen) atoms. The molecule has 0 saturated carbocycles. The fraction of sp³-hybridized carbons (Fsp3) is 0.429. The van der Waals surface area contributed by atoms with Gasteiger partial charge in [0, 0.05) is 10.2 Å². The van der Waals surface area contributed by atoms with Gasteiger partial charge in [0.1, 0.15) is 6.04 Å². The number of amides is 2. The van der Waals surface area contributed by atoms with Crippen molar-refractivity contribution in [2.45, 2.75) is 39.7 Å². The molecule has 0 bridgehead atoms. The number of carboxylic acid groups (broad SMARTS) is 1. The molecule has 5 nitrogen and oxygen atoms in total. The Bertz CT molecular complexity index is 494. The van der Waals surface area contributed by atoms with Crippen molar-refractivity contribution in [3.05, 3.63) is 27.7 Å². The van der Waals surface area contributed by atoms with Crippen LogP contribution in [0.25, 0.3) is 0 Å². The van der Waals surface area contributed by atoms with E-state index in [-0.39, 0.29) is 0 Å². The normalized spacial score (nSPS) is 11.8.